The van der Waals surface area contributed by atoms with Gasteiger partial charge in [-0.2, -0.15) is 0 Å². The maximum atomic E-state index is 13.9. The van der Waals surface area contributed by atoms with Crippen molar-refractivity contribution in [1.82, 2.24) is 15.2 Å². The first-order chi connectivity index (χ1) is 8.72. The smallest absolute Gasteiger partial charge is 0.256 e. The van der Waals surface area contributed by atoms with Gasteiger partial charge in [-0.25, -0.2) is 17.8 Å². The Morgan fingerprint density at radius 1 is 1.32 bits per heavy atom. The molecule has 108 valence electrons. The lowest BCUT2D eigenvalue weighted by Crippen LogP contribution is -2.36. The summed E-state index contributed by atoms with van der Waals surface area (Å²) in [6.07, 6.45) is 0. The van der Waals surface area contributed by atoms with Crippen molar-refractivity contribution in [3.63, 3.8) is 0 Å². The van der Waals surface area contributed by atoms with E-state index in [4.69, 9.17) is 0 Å². The number of rotatable bonds is 6. The molecule has 1 rings (SSSR count). The summed E-state index contributed by atoms with van der Waals surface area (Å²) < 4.78 is 37.5. The minimum absolute atomic E-state index is 0.280. The van der Waals surface area contributed by atoms with E-state index in [1.165, 1.54) is 31.2 Å². The van der Waals surface area contributed by atoms with Gasteiger partial charge in [-0.05, 0) is 17.7 Å². The van der Waals surface area contributed by atoms with Crippen molar-refractivity contribution in [3.05, 3.63) is 29.6 Å². The molecule has 0 unspecified atom stereocenters. The molecule has 0 bridgehead atoms. The summed E-state index contributed by atoms with van der Waals surface area (Å²) in [7, 11) is -0.809. The molecule has 0 atom stereocenters. The summed E-state index contributed by atoms with van der Waals surface area (Å²) in [6, 6.07) is 4.39. The lowest BCUT2D eigenvalue weighted by atomic mass is 10.2. The molecule has 0 saturated carbocycles. The largest absolute Gasteiger partial charge is 0.310 e. The monoisotopic (exact) mass is 289 g/mol. The normalized spacial score (nSPS) is 12.4. The molecule has 0 aromatic heterocycles. The van der Waals surface area contributed by atoms with Crippen LogP contribution in [-0.4, -0.2) is 33.6 Å². The lowest BCUT2D eigenvalue weighted by molar-refractivity contribution is 0.363. The van der Waals surface area contributed by atoms with Gasteiger partial charge in [-0.15, -0.1) is 4.83 Å². The van der Waals surface area contributed by atoms with Crippen LogP contribution >= 0.6 is 0 Å². The third-order valence-corrected chi connectivity index (χ3v) is 3.82. The molecule has 0 saturated heterocycles. The second-order valence-corrected chi connectivity index (χ2v) is 6.42. The highest BCUT2D eigenvalue weighted by atomic mass is 32.2. The molecular weight excluding hydrogens is 269 g/mol. The van der Waals surface area contributed by atoms with Crippen molar-refractivity contribution in [2.24, 2.45) is 0 Å². The molecule has 1 aromatic rings. The van der Waals surface area contributed by atoms with Gasteiger partial charge in [0.2, 0.25) is 0 Å². The molecule has 0 aliphatic heterocycles. The molecule has 0 fully saturated rings. The number of benzene rings is 1. The maximum Gasteiger partial charge on any atom is 0.256 e. The van der Waals surface area contributed by atoms with Gasteiger partial charge in [-0.1, -0.05) is 19.9 Å². The SMILES string of the molecule is CC(C)NCc1ccc(S(=O)(=O)NN(C)C)c(F)c1. The Labute approximate surface area is 113 Å². The summed E-state index contributed by atoms with van der Waals surface area (Å²) >= 11 is 0. The topological polar surface area (TPSA) is 61.4 Å². The van der Waals surface area contributed by atoms with Crippen molar-refractivity contribution >= 4 is 10.0 Å². The van der Waals surface area contributed by atoms with Gasteiger partial charge in [0.25, 0.3) is 10.0 Å². The van der Waals surface area contributed by atoms with Gasteiger partial charge >= 0.3 is 0 Å². The van der Waals surface area contributed by atoms with Crippen LogP contribution in [0.2, 0.25) is 0 Å². The minimum Gasteiger partial charge on any atom is -0.310 e. The van der Waals surface area contributed by atoms with Crippen LogP contribution in [0.1, 0.15) is 19.4 Å². The van der Waals surface area contributed by atoms with Crippen molar-refractivity contribution in [1.29, 1.82) is 0 Å². The number of halogens is 1. The van der Waals surface area contributed by atoms with Gasteiger partial charge in [0.1, 0.15) is 10.7 Å². The van der Waals surface area contributed by atoms with Gasteiger partial charge in [0.05, 0.1) is 0 Å². The molecule has 0 radical (unpaired) electrons. The molecule has 1 aromatic carbocycles. The number of hydrogen-bond acceptors (Lipinski definition) is 4. The van der Waals surface area contributed by atoms with Crippen LogP contribution < -0.4 is 10.1 Å². The Morgan fingerprint density at radius 2 is 1.95 bits per heavy atom. The first-order valence-corrected chi connectivity index (χ1v) is 7.42. The Kier molecular flexibility index (Phi) is 5.42. The van der Waals surface area contributed by atoms with E-state index in [1.807, 2.05) is 13.8 Å². The third-order valence-electron chi connectivity index (χ3n) is 2.30. The average molecular weight is 289 g/mol. The molecular formula is C12H20FN3O2S. The summed E-state index contributed by atoms with van der Waals surface area (Å²) in [5, 5.41) is 4.39. The second-order valence-electron chi connectivity index (χ2n) is 4.79. The third kappa shape index (κ3) is 4.87. The fourth-order valence-electron chi connectivity index (χ4n) is 1.48. The Balaban J connectivity index is 2.94. The van der Waals surface area contributed by atoms with E-state index in [0.29, 0.717) is 12.1 Å². The number of nitrogens with one attached hydrogen (secondary N) is 2. The van der Waals surface area contributed by atoms with Crippen LogP contribution in [0.25, 0.3) is 0 Å². The van der Waals surface area contributed by atoms with E-state index >= 15 is 0 Å². The average Bonchev–Trinajstić information content (AvgIpc) is 2.24. The van der Waals surface area contributed by atoms with Gasteiger partial charge < -0.3 is 5.32 Å². The molecule has 0 heterocycles. The molecule has 0 aliphatic carbocycles. The van der Waals surface area contributed by atoms with E-state index in [2.05, 4.69) is 10.1 Å². The van der Waals surface area contributed by atoms with Crippen LogP contribution in [-0.2, 0) is 16.6 Å². The zero-order valence-corrected chi connectivity index (χ0v) is 12.4. The number of sulfonamides is 1. The summed E-state index contributed by atoms with van der Waals surface area (Å²) in [4.78, 5) is 1.84. The molecule has 19 heavy (non-hydrogen) atoms. The summed E-state index contributed by atoms with van der Waals surface area (Å²) in [6.45, 7) is 4.46. The van der Waals surface area contributed by atoms with E-state index in [0.717, 1.165) is 0 Å². The van der Waals surface area contributed by atoms with Crippen molar-refractivity contribution in [3.8, 4) is 0 Å². The summed E-state index contributed by atoms with van der Waals surface area (Å²) in [5.74, 6) is -0.752. The van der Waals surface area contributed by atoms with Crippen LogP contribution in [0.4, 0.5) is 4.39 Å². The van der Waals surface area contributed by atoms with Crippen LogP contribution in [0.15, 0.2) is 23.1 Å². The Bertz CT molecular complexity index is 530. The highest BCUT2D eigenvalue weighted by molar-refractivity contribution is 7.89. The van der Waals surface area contributed by atoms with E-state index < -0.39 is 15.8 Å². The standard InChI is InChI=1S/C12H20FN3O2S/c1-9(2)14-8-10-5-6-12(11(13)7-10)19(17,18)15-16(3)4/h5-7,9,14-15H,8H2,1-4H3. The van der Waals surface area contributed by atoms with Gasteiger partial charge in [0.15, 0.2) is 0 Å². The predicted octanol–water partition coefficient (Wildman–Crippen LogP) is 1.08. The zero-order valence-electron chi connectivity index (χ0n) is 11.6. The minimum atomic E-state index is -3.86. The highest BCUT2D eigenvalue weighted by Gasteiger charge is 2.19. The number of hydrogen-bond donors (Lipinski definition) is 2. The van der Waals surface area contributed by atoms with Crippen molar-refractivity contribution in [2.45, 2.75) is 31.3 Å². The first-order valence-electron chi connectivity index (χ1n) is 5.94. The van der Waals surface area contributed by atoms with Gasteiger partial charge in [0, 0.05) is 26.7 Å². The van der Waals surface area contributed by atoms with E-state index in [-0.39, 0.29) is 10.9 Å². The molecule has 7 heteroatoms. The quantitative estimate of drug-likeness (QED) is 0.769. The lowest BCUT2D eigenvalue weighted by Gasteiger charge is -2.14. The fourth-order valence-corrected chi connectivity index (χ4v) is 2.63. The predicted molar refractivity (Wildman–Crippen MR) is 72.4 cm³/mol. The molecule has 0 amide bonds. The zero-order chi connectivity index (χ0) is 14.6. The van der Waals surface area contributed by atoms with Crippen LogP contribution in [0.5, 0.6) is 0 Å². The Morgan fingerprint density at radius 3 is 2.42 bits per heavy atom. The second kappa shape index (κ2) is 6.42. The maximum absolute atomic E-state index is 13.9. The first kappa shape index (κ1) is 16.0. The van der Waals surface area contributed by atoms with Crippen LogP contribution in [0.3, 0.4) is 0 Å². The Hall–Kier alpha value is -1.02. The van der Waals surface area contributed by atoms with Crippen molar-refractivity contribution < 1.29 is 12.8 Å². The van der Waals surface area contributed by atoms with E-state index in [1.54, 1.807) is 6.07 Å². The highest BCUT2D eigenvalue weighted by Crippen LogP contribution is 2.16. The molecule has 0 aliphatic rings. The van der Waals surface area contributed by atoms with Crippen LogP contribution in [0, 0.1) is 5.82 Å². The fraction of sp³-hybridized carbons (Fsp3) is 0.500. The van der Waals surface area contributed by atoms with E-state index in [9.17, 15) is 12.8 Å². The molecule has 0 spiro atoms. The number of nitrogens with zero attached hydrogens (tertiary/aromatic N) is 1. The summed E-state index contributed by atoms with van der Waals surface area (Å²) in [5.41, 5.74) is 0.704. The number of hydrazine groups is 1. The molecule has 5 nitrogen and oxygen atoms in total. The van der Waals surface area contributed by atoms with Crippen molar-refractivity contribution in [2.75, 3.05) is 14.1 Å². The molecule has 2 N–H and O–H groups in total. The van der Waals surface area contributed by atoms with Gasteiger partial charge in [-0.3, -0.25) is 0 Å².